The van der Waals surface area contributed by atoms with Gasteiger partial charge in [-0.25, -0.2) is 5.48 Å². The van der Waals surface area contributed by atoms with Gasteiger partial charge in [-0.1, -0.05) is 35.9 Å². The van der Waals surface area contributed by atoms with Crippen molar-refractivity contribution in [1.29, 1.82) is 0 Å². The number of fused-ring (bicyclic) bond motifs is 1. The molecule has 0 atom stereocenters. The van der Waals surface area contributed by atoms with Gasteiger partial charge in [-0.05, 0) is 29.8 Å². The fourth-order valence-corrected chi connectivity index (χ4v) is 3.36. The lowest BCUT2D eigenvalue weighted by atomic mass is 10.2. The molecule has 1 heterocycles. The number of para-hydroxylation sites is 1. The number of anilines is 2. The first-order valence-electron chi connectivity index (χ1n) is 6.33. The summed E-state index contributed by atoms with van der Waals surface area (Å²) >= 11 is 5.80. The van der Waals surface area contributed by atoms with E-state index in [1.165, 1.54) is 6.07 Å². The highest BCUT2D eigenvalue weighted by molar-refractivity contribution is 7.89. The van der Waals surface area contributed by atoms with Gasteiger partial charge in [0.15, 0.2) is 0 Å². The quantitative estimate of drug-likeness (QED) is 0.867. The van der Waals surface area contributed by atoms with Crippen LogP contribution in [-0.4, -0.2) is 14.3 Å². The van der Waals surface area contributed by atoms with E-state index in [2.05, 4.69) is 5.48 Å². The van der Waals surface area contributed by atoms with Crippen LogP contribution in [-0.2, 0) is 25.8 Å². The second-order valence-corrected chi connectivity index (χ2v) is 6.44. The molecule has 0 saturated carbocycles. The highest BCUT2D eigenvalue weighted by atomic mass is 35.5. The van der Waals surface area contributed by atoms with Crippen molar-refractivity contribution < 1.29 is 17.5 Å². The summed E-state index contributed by atoms with van der Waals surface area (Å²) in [5, 5.41) is 0.425. The van der Waals surface area contributed by atoms with Gasteiger partial charge in [0.05, 0.1) is 17.8 Å². The molecule has 1 N–H and O–H groups in total. The van der Waals surface area contributed by atoms with Gasteiger partial charge in [-0.2, -0.15) is 12.7 Å². The molecule has 1 amide bonds. The van der Waals surface area contributed by atoms with Crippen LogP contribution in [0, 0.1) is 0 Å². The minimum absolute atomic E-state index is 0.0237. The van der Waals surface area contributed by atoms with Gasteiger partial charge < -0.3 is 0 Å². The zero-order valence-electron chi connectivity index (χ0n) is 11.2. The monoisotopic (exact) mass is 338 g/mol. The molecule has 0 fully saturated rings. The molecule has 114 valence electrons. The molecule has 2 aromatic carbocycles. The first-order chi connectivity index (χ1) is 10.5. The van der Waals surface area contributed by atoms with Crippen LogP contribution in [0.5, 0.6) is 0 Å². The van der Waals surface area contributed by atoms with E-state index in [-0.39, 0.29) is 6.42 Å². The second kappa shape index (κ2) is 5.60. The Labute approximate surface area is 132 Å². The molecule has 6 nitrogen and oxygen atoms in total. The number of halogens is 1. The topological polar surface area (TPSA) is 75.7 Å². The molecule has 0 spiro atoms. The number of hydrogen-bond acceptors (Lipinski definition) is 5. The first kappa shape index (κ1) is 14.8. The van der Waals surface area contributed by atoms with Gasteiger partial charge in [-0.3, -0.25) is 4.79 Å². The minimum atomic E-state index is -4.30. The zero-order chi connectivity index (χ0) is 15.7. The predicted molar refractivity (Wildman–Crippen MR) is 82.7 cm³/mol. The molecular weight excluding hydrogens is 328 g/mol. The summed E-state index contributed by atoms with van der Waals surface area (Å²) < 4.78 is 29.9. The van der Waals surface area contributed by atoms with Crippen molar-refractivity contribution in [2.75, 3.05) is 9.79 Å². The summed E-state index contributed by atoms with van der Waals surface area (Å²) in [5.41, 5.74) is 3.59. The number of hydrogen-bond donors (Lipinski definition) is 1. The molecule has 0 aliphatic carbocycles. The van der Waals surface area contributed by atoms with Crippen molar-refractivity contribution >= 4 is 39.2 Å². The van der Waals surface area contributed by atoms with E-state index in [0.717, 1.165) is 0 Å². The lowest BCUT2D eigenvalue weighted by Gasteiger charge is -2.17. The Morgan fingerprint density at radius 3 is 2.68 bits per heavy atom. The Balaban J connectivity index is 1.83. The molecule has 0 radical (unpaired) electrons. The third kappa shape index (κ3) is 2.78. The predicted octanol–water partition coefficient (Wildman–Crippen LogP) is 2.52. The van der Waals surface area contributed by atoms with Crippen molar-refractivity contribution in [3.05, 3.63) is 59.1 Å². The normalized spacial score (nSPS) is 14.0. The zero-order valence-corrected chi connectivity index (χ0v) is 12.8. The maximum atomic E-state index is 12.3. The summed E-state index contributed by atoms with van der Waals surface area (Å²) in [5.74, 6) is -0.561. The number of carbonyl (C=O) groups excluding carboxylic acids is 1. The van der Waals surface area contributed by atoms with Gasteiger partial charge in [-0.15, -0.1) is 4.28 Å². The molecule has 0 saturated heterocycles. The van der Waals surface area contributed by atoms with Crippen molar-refractivity contribution in [2.24, 2.45) is 0 Å². The smallest absolute Gasteiger partial charge is 0.273 e. The molecule has 0 unspecified atom stereocenters. The summed E-state index contributed by atoms with van der Waals surface area (Å²) in [4.78, 5) is 12.0. The van der Waals surface area contributed by atoms with E-state index < -0.39 is 16.2 Å². The molecule has 1 aliphatic heterocycles. The van der Waals surface area contributed by atoms with Crippen LogP contribution in [0.2, 0.25) is 5.02 Å². The molecule has 0 aromatic heterocycles. The summed E-state index contributed by atoms with van der Waals surface area (Å²) in [6, 6.07) is 13.0. The van der Waals surface area contributed by atoms with E-state index in [1.807, 2.05) is 0 Å². The van der Waals surface area contributed by atoms with E-state index in [1.54, 1.807) is 42.5 Å². The van der Waals surface area contributed by atoms with E-state index in [0.29, 0.717) is 26.3 Å². The number of amides is 1. The van der Waals surface area contributed by atoms with Crippen LogP contribution in [0.25, 0.3) is 0 Å². The van der Waals surface area contributed by atoms with Crippen molar-refractivity contribution in [2.45, 2.75) is 6.42 Å². The van der Waals surface area contributed by atoms with Crippen LogP contribution in [0.1, 0.15) is 5.56 Å². The molecule has 22 heavy (non-hydrogen) atoms. The van der Waals surface area contributed by atoms with Gasteiger partial charge in [0.25, 0.3) is 0 Å². The minimum Gasteiger partial charge on any atom is -0.273 e. The average molecular weight is 339 g/mol. The highest BCUT2D eigenvalue weighted by Gasteiger charge is 2.37. The maximum absolute atomic E-state index is 12.3. The standard InChI is InChI=1S/C14H11ClN2O4S/c15-11-5-3-6-12(9-11)16-21-22(19,20)17-13-7-2-1-4-10(13)8-14(17)18/h1-7,9,16H,8H2. The number of nitrogens with zero attached hydrogens (tertiary/aromatic N) is 1. The number of carbonyl (C=O) groups is 1. The highest BCUT2D eigenvalue weighted by Crippen LogP contribution is 2.31. The second-order valence-electron chi connectivity index (χ2n) is 4.62. The summed E-state index contributed by atoms with van der Waals surface area (Å²) in [6.07, 6.45) is 0.0237. The van der Waals surface area contributed by atoms with Crippen LogP contribution in [0.4, 0.5) is 11.4 Å². The van der Waals surface area contributed by atoms with Gasteiger partial charge in [0.1, 0.15) is 0 Å². The van der Waals surface area contributed by atoms with E-state index in [4.69, 9.17) is 15.9 Å². The maximum Gasteiger partial charge on any atom is 0.390 e. The fraction of sp³-hybridized carbons (Fsp3) is 0.0714. The molecule has 2 aromatic rings. The first-order valence-corrected chi connectivity index (χ1v) is 8.08. The van der Waals surface area contributed by atoms with Gasteiger partial charge in [0, 0.05) is 5.02 Å². The van der Waals surface area contributed by atoms with Crippen LogP contribution in [0.15, 0.2) is 48.5 Å². The molecule has 3 rings (SSSR count). The van der Waals surface area contributed by atoms with E-state index >= 15 is 0 Å². The third-order valence-corrected chi connectivity index (χ3v) is 4.47. The number of nitrogens with one attached hydrogen (secondary N) is 1. The Kier molecular flexibility index (Phi) is 3.78. The van der Waals surface area contributed by atoms with Crippen molar-refractivity contribution in [3.63, 3.8) is 0 Å². The largest absolute Gasteiger partial charge is 0.390 e. The Morgan fingerprint density at radius 1 is 1.14 bits per heavy atom. The lowest BCUT2D eigenvalue weighted by molar-refractivity contribution is -0.116. The van der Waals surface area contributed by atoms with E-state index in [9.17, 15) is 13.2 Å². The Hall–Kier alpha value is -2.09. The third-order valence-electron chi connectivity index (χ3n) is 3.09. The van der Waals surface area contributed by atoms with Crippen LogP contribution < -0.4 is 9.79 Å². The summed E-state index contributed by atoms with van der Waals surface area (Å²) in [7, 11) is -4.30. The molecule has 8 heteroatoms. The van der Waals surface area contributed by atoms with Crippen molar-refractivity contribution in [1.82, 2.24) is 0 Å². The van der Waals surface area contributed by atoms with Crippen molar-refractivity contribution in [3.8, 4) is 0 Å². The van der Waals surface area contributed by atoms with Gasteiger partial charge >= 0.3 is 10.3 Å². The van der Waals surface area contributed by atoms with Gasteiger partial charge in [0.2, 0.25) is 5.91 Å². The average Bonchev–Trinajstić information content (AvgIpc) is 2.82. The van der Waals surface area contributed by atoms with Crippen LogP contribution in [0.3, 0.4) is 0 Å². The SMILES string of the molecule is O=C1Cc2ccccc2N1S(=O)(=O)ONc1cccc(Cl)c1. The lowest BCUT2D eigenvalue weighted by Crippen LogP contribution is -2.36. The molecular formula is C14H11ClN2O4S. The fourth-order valence-electron chi connectivity index (χ4n) is 2.16. The Morgan fingerprint density at radius 2 is 1.91 bits per heavy atom. The Bertz CT molecular complexity index is 838. The number of benzene rings is 2. The van der Waals surface area contributed by atoms with Crippen LogP contribution >= 0.6 is 11.6 Å². The molecule has 1 aliphatic rings. The summed E-state index contributed by atoms with van der Waals surface area (Å²) in [6.45, 7) is 0. The molecule has 0 bridgehead atoms. The number of rotatable bonds is 4.